The number of nitrogens with zero attached hydrogens (tertiary/aromatic N) is 8. The zero-order valence-electron chi connectivity index (χ0n) is 38.4. The predicted octanol–water partition coefficient (Wildman–Crippen LogP) is 8.12. The van der Waals surface area contributed by atoms with E-state index in [9.17, 15) is 70.6 Å². The third-order valence-electron chi connectivity index (χ3n) is 9.94. The van der Waals surface area contributed by atoms with Crippen LogP contribution in [0.2, 0.25) is 0 Å². The lowest BCUT2D eigenvalue weighted by Gasteiger charge is -2.23. The average molecular weight is 1220 g/mol. The molecule has 0 saturated carbocycles. The molecule has 6 rings (SSSR count). The molecule has 420 valence electrons. The van der Waals surface area contributed by atoms with Crippen molar-refractivity contribution in [3.8, 4) is 5.75 Å². The predicted molar refractivity (Wildman–Crippen MR) is 274 cm³/mol. The summed E-state index contributed by atoms with van der Waals surface area (Å²) in [5.74, 6) is -3.93. The highest BCUT2D eigenvalue weighted by atomic mass is 32.3. The Morgan fingerprint density at radius 2 is 1.25 bits per heavy atom. The number of fused-ring (bicyclic) bond motifs is 1. The fraction of sp³-hybridized carbons (Fsp3) is 0.162. The molecule has 0 amide bonds. The van der Waals surface area contributed by atoms with Crippen molar-refractivity contribution in [1.82, 2.24) is 15.0 Å². The first kappa shape index (κ1) is 60.3. The summed E-state index contributed by atoms with van der Waals surface area (Å²) in [5, 5.41) is 28.2. The Labute approximate surface area is 439 Å². The Morgan fingerprint density at radius 1 is 0.649 bits per heavy atom. The molecule has 0 aliphatic carbocycles. The van der Waals surface area contributed by atoms with Crippen LogP contribution in [0.4, 0.5) is 56.1 Å². The van der Waals surface area contributed by atoms with Crippen LogP contribution < -0.4 is 16.0 Å². The molecular formula is C37H41FN10O22S7. The quantitative estimate of drug-likeness (QED) is 0.0173. The van der Waals surface area contributed by atoms with Crippen LogP contribution in [0.3, 0.4) is 0 Å². The first-order chi connectivity index (χ1) is 35.5. The molecule has 77 heavy (non-hydrogen) atoms. The van der Waals surface area contributed by atoms with Gasteiger partial charge in [0.05, 0.1) is 61.1 Å². The number of azo groups is 2. The van der Waals surface area contributed by atoms with Gasteiger partial charge in [0.25, 0.3) is 10.1 Å². The Balaban J connectivity index is 1.38. The highest BCUT2D eigenvalue weighted by molar-refractivity contribution is 8.19. The molecule has 15 N–H and O–H groups in total. The Hall–Kier alpha value is -5.97. The second kappa shape index (κ2) is 22.8. The molecule has 0 fully saturated rings. The van der Waals surface area contributed by atoms with E-state index >= 15 is 4.39 Å². The van der Waals surface area contributed by atoms with E-state index in [0.717, 1.165) is 54.6 Å². The highest BCUT2D eigenvalue weighted by Crippen LogP contribution is 2.56. The number of nitrogen functional groups attached to an aromatic ring is 1. The van der Waals surface area contributed by atoms with Crippen molar-refractivity contribution in [2.24, 2.45) is 20.5 Å². The molecule has 32 nitrogen and oxygen atoms in total. The van der Waals surface area contributed by atoms with Gasteiger partial charge in [0.1, 0.15) is 43.7 Å². The smallest absolute Gasteiger partial charge is 0.397 e. The summed E-state index contributed by atoms with van der Waals surface area (Å²) < 4.78 is 230. The van der Waals surface area contributed by atoms with Crippen molar-refractivity contribution in [3.63, 3.8) is 0 Å². The third-order valence-corrected chi connectivity index (χ3v) is 17.0. The first-order valence-corrected chi connectivity index (χ1v) is 31.0. The second-order valence-electron chi connectivity index (χ2n) is 15.2. The van der Waals surface area contributed by atoms with Crippen LogP contribution in [-0.2, 0) is 48.6 Å². The Morgan fingerprint density at radius 3 is 1.83 bits per heavy atom. The van der Waals surface area contributed by atoms with Gasteiger partial charge in [0.15, 0.2) is 25.4 Å². The number of phenols is 1. The number of halogens is 1. The zero-order valence-corrected chi connectivity index (χ0v) is 44.1. The van der Waals surface area contributed by atoms with Crippen molar-refractivity contribution in [1.29, 1.82) is 0 Å². The van der Waals surface area contributed by atoms with Gasteiger partial charge in [-0.25, -0.2) is 21.0 Å². The van der Waals surface area contributed by atoms with Crippen molar-refractivity contribution in [2.45, 2.75) is 31.4 Å². The van der Waals surface area contributed by atoms with E-state index in [1.807, 2.05) is 0 Å². The fourth-order valence-electron chi connectivity index (χ4n) is 6.62. The summed E-state index contributed by atoms with van der Waals surface area (Å²) >= 11 is -4.45. The minimum atomic E-state index is -5.48. The topological polar surface area (TPSA) is 527 Å². The molecule has 0 spiro atoms. The summed E-state index contributed by atoms with van der Waals surface area (Å²) in [6, 6.07) is 13.3. The third kappa shape index (κ3) is 15.4. The van der Waals surface area contributed by atoms with Crippen LogP contribution in [-0.4, -0.2) is 135 Å². The van der Waals surface area contributed by atoms with Gasteiger partial charge in [-0.15, -0.1) is 15.3 Å². The van der Waals surface area contributed by atoms with Crippen LogP contribution in [0.25, 0.3) is 10.8 Å². The van der Waals surface area contributed by atoms with Gasteiger partial charge in [0.2, 0.25) is 23.0 Å². The normalized spacial score (nSPS) is 13.9. The minimum absolute atomic E-state index is 0.0396. The number of aromatic nitrogens is 3. The fourth-order valence-corrected chi connectivity index (χ4v) is 11.6. The number of nitrogens with one attached hydrogen (secondary N) is 1. The van der Waals surface area contributed by atoms with Gasteiger partial charge in [-0.05, 0) is 85.1 Å². The standard InChI is InChI=1S/C37H41FN10O22S7/c1-2-48(23-4-3-5-25(19-23)72(52,53)15-13-70-77(66,67)68)37-42-35(38)41-36(43-37)40-22-8-11-27(73(54,55)56)26(18-22)45-47-33-29(75(60,61)62)17-20-16-28(74(57,58)59)32(31(39)30(20)34(33)49)46-44-21-6-9-24(10-7-21)71(50,51)14-12-69-76(63,64)65/h3-11,16-19,49,54-59,63-65H,2,12-15,39H2,1H3,(H,60,61,62)(H,66,67,68)(H,40,41,42,43). The summed E-state index contributed by atoms with van der Waals surface area (Å²) in [6.07, 6.45) is -1.40. The van der Waals surface area contributed by atoms with Gasteiger partial charge in [-0.3, -0.25) is 26.9 Å². The molecule has 0 unspecified atom stereocenters. The molecule has 0 aliphatic heterocycles. The van der Waals surface area contributed by atoms with Crippen LogP contribution in [0.5, 0.6) is 5.75 Å². The number of hydrogen-bond acceptors (Lipinski definition) is 30. The number of sulfone groups is 2. The number of aromatic hydroxyl groups is 1. The number of hydrogen-bond donors (Lipinski definition) is 14. The molecule has 0 aliphatic rings. The van der Waals surface area contributed by atoms with Gasteiger partial charge in [-0.2, -0.15) is 41.3 Å². The summed E-state index contributed by atoms with van der Waals surface area (Å²) in [7, 11) is -28.4. The van der Waals surface area contributed by atoms with E-state index in [1.54, 1.807) is 6.92 Å². The van der Waals surface area contributed by atoms with E-state index in [4.69, 9.17) is 23.9 Å². The molecule has 5 aromatic carbocycles. The molecule has 0 saturated heterocycles. The highest BCUT2D eigenvalue weighted by Gasteiger charge is 2.31. The molecule has 0 atom stereocenters. The lowest BCUT2D eigenvalue weighted by Crippen LogP contribution is -2.21. The molecule has 0 radical (unpaired) electrons. The summed E-state index contributed by atoms with van der Waals surface area (Å²) in [4.78, 5) is 8.95. The Kier molecular flexibility index (Phi) is 17.8. The number of rotatable bonds is 22. The molecule has 1 heterocycles. The lowest BCUT2D eigenvalue weighted by molar-refractivity contribution is 0.213. The van der Waals surface area contributed by atoms with Crippen molar-refractivity contribution in [3.05, 3.63) is 84.9 Å². The van der Waals surface area contributed by atoms with E-state index < -0.39 is 170 Å². The van der Waals surface area contributed by atoms with Crippen LogP contribution in [0, 0.1) is 6.08 Å². The van der Waals surface area contributed by atoms with Crippen molar-refractivity contribution >= 4 is 136 Å². The zero-order chi connectivity index (χ0) is 57.3. The number of nitrogens with two attached hydrogens (primary N) is 1. The monoisotopic (exact) mass is 1220 g/mol. The van der Waals surface area contributed by atoms with E-state index in [2.05, 4.69) is 49.1 Å². The molecule has 6 aromatic rings. The van der Waals surface area contributed by atoms with Gasteiger partial charge >= 0.3 is 16.5 Å². The van der Waals surface area contributed by atoms with Crippen LogP contribution >= 0.6 is 32.9 Å². The number of benzene rings is 5. The van der Waals surface area contributed by atoms with Crippen molar-refractivity contribution < 1.29 is 102 Å². The van der Waals surface area contributed by atoms with Crippen molar-refractivity contribution in [2.75, 3.05) is 47.2 Å². The molecule has 1 aromatic heterocycles. The van der Waals surface area contributed by atoms with Crippen LogP contribution in [0.15, 0.2) is 124 Å². The van der Waals surface area contributed by atoms with E-state index in [1.165, 1.54) is 17.0 Å². The van der Waals surface area contributed by atoms with Gasteiger partial charge < -0.3 is 48.4 Å². The van der Waals surface area contributed by atoms with Gasteiger partial charge in [-0.1, -0.05) is 6.07 Å². The van der Waals surface area contributed by atoms with E-state index in [-0.39, 0.29) is 33.4 Å². The molecule has 0 bridgehead atoms. The largest absolute Gasteiger partial charge is 0.505 e. The number of phenolic OH excluding ortho intramolecular Hbond substituents is 1. The maximum absolute atomic E-state index is 15.1. The average Bonchev–Trinajstić information content (AvgIpc) is 3.29. The molecule has 40 heteroatoms. The molecular weight excluding hydrogens is 1180 g/mol. The van der Waals surface area contributed by atoms with E-state index in [0.29, 0.717) is 12.1 Å². The maximum Gasteiger partial charge on any atom is 0.397 e. The van der Waals surface area contributed by atoms with Gasteiger partial charge in [0, 0.05) is 17.9 Å². The lowest BCUT2D eigenvalue weighted by atomic mass is 10.1. The summed E-state index contributed by atoms with van der Waals surface area (Å²) in [5.41, 5.74) is 2.61. The SMILES string of the molecule is CCN(c1cccc(S(=O)(=O)CCOS(=O)(=O)O)c1)c1nc(F)nc(Nc2ccc(S(O)(O)O)c(N=Nc3c(S(=O)(=O)O)cc4cc(S(O)(O)O)c(N=Nc5ccc(S(=O)(=O)CCOS(O)(O)O)cc5)c(N)c4c3O)c2)n1. The Bertz CT molecular complexity index is 3770. The first-order valence-electron chi connectivity index (χ1n) is 20.4. The van der Waals surface area contributed by atoms with Crippen LogP contribution in [0.1, 0.15) is 6.92 Å². The maximum atomic E-state index is 15.1. The minimum Gasteiger partial charge on any atom is -0.505 e. The second-order valence-corrected chi connectivity index (χ2v) is 26.0. The summed E-state index contributed by atoms with van der Waals surface area (Å²) in [6.45, 7) is -0.233. The number of anilines is 5.